The summed E-state index contributed by atoms with van der Waals surface area (Å²) in [6.45, 7) is 2.50. The summed E-state index contributed by atoms with van der Waals surface area (Å²) in [5, 5.41) is 3.35. The Morgan fingerprint density at radius 2 is 1.67 bits per heavy atom. The Balaban J connectivity index is 1.33. The summed E-state index contributed by atoms with van der Waals surface area (Å²) in [4.78, 5) is 24.7. The Morgan fingerprint density at radius 1 is 0.939 bits per heavy atom. The number of fused-ring (bicyclic) bond motifs is 1. The van der Waals surface area contributed by atoms with Crippen LogP contribution in [-0.4, -0.2) is 19.6 Å². The van der Waals surface area contributed by atoms with Crippen molar-refractivity contribution in [2.24, 2.45) is 0 Å². The van der Waals surface area contributed by atoms with Crippen molar-refractivity contribution in [3.8, 4) is 22.8 Å². The van der Waals surface area contributed by atoms with Crippen LogP contribution in [0.3, 0.4) is 0 Å². The van der Waals surface area contributed by atoms with Gasteiger partial charge in [0.25, 0.3) is 0 Å². The van der Waals surface area contributed by atoms with Gasteiger partial charge in [0.1, 0.15) is 22.8 Å². The van der Waals surface area contributed by atoms with Crippen LogP contribution in [0, 0.1) is 6.92 Å². The first-order valence-electron chi connectivity index (χ1n) is 10.7. The van der Waals surface area contributed by atoms with Crippen LogP contribution in [0.15, 0.2) is 82.0 Å². The van der Waals surface area contributed by atoms with E-state index in [0.29, 0.717) is 47.6 Å². The number of hydrogen-bond donors (Lipinski definition) is 1. The predicted molar refractivity (Wildman–Crippen MR) is 129 cm³/mol. The second-order valence-electron chi connectivity index (χ2n) is 7.73. The minimum absolute atomic E-state index is 0.0820. The number of carbonyl (C=O) groups is 1. The number of benzene rings is 3. The van der Waals surface area contributed by atoms with E-state index in [9.17, 15) is 9.59 Å². The number of carbonyl (C=O) groups excluding carboxylic acids is 1. The van der Waals surface area contributed by atoms with Crippen molar-refractivity contribution < 1.29 is 18.7 Å². The lowest BCUT2D eigenvalue weighted by Crippen LogP contribution is -2.12. The molecule has 0 aliphatic rings. The maximum absolute atomic E-state index is 12.5. The molecule has 1 N–H and O–H groups in total. The minimum Gasteiger partial charge on any atom is -0.497 e. The third-order valence-electron chi connectivity index (χ3n) is 5.23. The molecule has 1 amide bonds. The Morgan fingerprint density at radius 3 is 2.39 bits per heavy atom. The Kier molecular flexibility index (Phi) is 6.74. The van der Waals surface area contributed by atoms with Gasteiger partial charge in [0.05, 0.1) is 19.1 Å². The molecule has 0 saturated carbocycles. The average molecular weight is 443 g/mol. The van der Waals surface area contributed by atoms with Gasteiger partial charge >= 0.3 is 0 Å². The van der Waals surface area contributed by atoms with Crippen LogP contribution in [-0.2, 0) is 4.79 Å². The lowest BCUT2D eigenvalue weighted by atomic mass is 10.1. The number of hydrogen-bond acceptors (Lipinski definition) is 5. The van der Waals surface area contributed by atoms with Gasteiger partial charge in [-0.3, -0.25) is 9.59 Å². The molecule has 168 valence electrons. The number of rotatable bonds is 8. The summed E-state index contributed by atoms with van der Waals surface area (Å²) in [5.74, 6) is 1.78. The zero-order valence-electron chi connectivity index (χ0n) is 18.6. The molecule has 0 bridgehead atoms. The monoisotopic (exact) mass is 443 g/mol. The van der Waals surface area contributed by atoms with Crippen molar-refractivity contribution in [2.45, 2.75) is 19.8 Å². The van der Waals surface area contributed by atoms with Crippen molar-refractivity contribution in [3.05, 3.63) is 88.6 Å². The van der Waals surface area contributed by atoms with E-state index >= 15 is 0 Å². The number of amides is 1. The molecule has 0 radical (unpaired) electrons. The van der Waals surface area contributed by atoms with Crippen molar-refractivity contribution in [3.63, 3.8) is 0 Å². The predicted octanol–water partition coefficient (Wildman–Crippen LogP) is 5.57. The highest BCUT2D eigenvalue weighted by molar-refractivity contribution is 5.91. The van der Waals surface area contributed by atoms with Crippen LogP contribution < -0.4 is 20.2 Å². The maximum atomic E-state index is 12.5. The molecule has 4 rings (SSSR count). The van der Waals surface area contributed by atoms with E-state index in [1.165, 1.54) is 11.6 Å². The first-order chi connectivity index (χ1) is 16.0. The Labute approximate surface area is 191 Å². The van der Waals surface area contributed by atoms with Crippen LogP contribution in [0.1, 0.15) is 18.4 Å². The lowest BCUT2D eigenvalue weighted by Gasteiger charge is -2.08. The molecule has 0 atom stereocenters. The molecule has 0 aliphatic heterocycles. The summed E-state index contributed by atoms with van der Waals surface area (Å²) in [6.07, 6.45) is 0.974. The standard InChI is InChI=1S/C27H25NO5/c1-18-5-11-21(12-6-18)32-15-3-4-27(30)28-20-9-7-19(8-10-20)26-17-24(29)23-16-22(31-2)13-14-25(23)33-26/h5-14,16-17H,3-4,15H2,1-2H3,(H,28,30). The van der Waals surface area contributed by atoms with E-state index in [0.717, 1.165) is 11.3 Å². The molecule has 0 spiro atoms. The highest BCUT2D eigenvalue weighted by Gasteiger charge is 2.09. The SMILES string of the molecule is COc1ccc2oc(-c3ccc(NC(=O)CCCOc4ccc(C)cc4)cc3)cc(=O)c2c1. The van der Waals surface area contributed by atoms with Gasteiger partial charge in [-0.1, -0.05) is 17.7 Å². The smallest absolute Gasteiger partial charge is 0.224 e. The van der Waals surface area contributed by atoms with E-state index < -0.39 is 0 Å². The number of aryl methyl sites for hydroxylation is 1. The van der Waals surface area contributed by atoms with Crippen LogP contribution in [0.25, 0.3) is 22.3 Å². The molecule has 0 saturated heterocycles. The average Bonchev–Trinajstić information content (AvgIpc) is 2.83. The van der Waals surface area contributed by atoms with Gasteiger partial charge < -0.3 is 19.2 Å². The number of nitrogens with one attached hydrogen (secondary N) is 1. The summed E-state index contributed by atoms with van der Waals surface area (Å²) in [6, 6.07) is 21.6. The molecular formula is C27H25NO5. The highest BCUT2D eigenvalue weighted by atomic mass is 16.5. The van der Waals surface area contributed by atoms with E-state index in [1.807, 2.05) is 43.3 Å². The second kappa shape index (κ2) is 10.0. The van der Waals surface area contributed by atoms with E-state index in [2.05, 4.69) is 5.32 Å². The molecule has 0 aliphatic carbocycles. The largest absolute Gasteiger partial charge is 0.497 e. The van der Waals surface area contributed by atoms with Crippen molar-refractivity contribution in [1.29, 1.82) is 0 Å². The van der Waals surface area contributed by atoms with Gasteiger partial charge in [0, 0.05) is 23.7 Å². The first kappa shape index (κ1) is 22.1. The zero-order valence-corrected chi connectivity index (χ0v) is 18.6. The fraction of sp³-hybridized carbons (Fsp3) is 0.185. The first-order valence-corrected chi connectivity index (χ1v) is 10.7. The Hall–Kier alpha value is -4.06. The van der Waals surface area contributed by atoms with Gasteiger partial charge in [-0.05, 0) is 67.9 Å². The van der Waals surface area contributed by atoms with Crippen molar-refractivity contribution >= 4 is 22.6 Å². The number of ether oxygens (including phenoxy) is 2. The molecular weight excluding hydrogens is 418 g/mol. The van der Waals surface area contributed by atoms with Crippen LogP contribution in [0.5, 0.6) is 11.5 Å². The molecule has 1 heterocycles. The fourth-order valence-electron chi connectivity index (χ4n) is 3.40. The van der Waals surface area contributed by atoms with E-state index in [1.54, 1.807) is 37.4 Å². The van der Waals surface area contributed by atoms with Gasteiger partial charge in [-0.25, -0.2) is 0 Å². The molecule has 0 fully saturated rings. The van der Waals surface area contributed by atoms with Gasteiger partial charge in [-0.2, -0.15) is 0 Å². The summed E-state index contributed by atoms with van der Waals surface area (Å²) in [5.41, 5.74) is 2.94. The summed E-state index contributed by atoms with van der Waals surface area (Å²) >= 11 is 0. The molecule has 6 nitrogen and oxygen atoms in total. The maximum Gasteiger partial charge on any atom is 0.224 e. The van der Waals surface area contributed by atoms with Gasteiger partial charge in [0.15, 0.2) is 5.43 Å². The third kappa shape index (κ3) is 5.60. The normalized spacial score (nSPS) is 10.7. The second-order valence-corrected chi connectivity index (χ2v) is 7.73. The molecule has 3 aromatic carbocycles. The molecule has 4 aromatic rings. The molecule has 1 aromatic heterocycles. The van der Waals surface area contributed by atoms with Gasteiger partial charge in [0.2, 0.25) is 5.91 Å². The van der Waals surface area contributed by atoms with Crippen molar-refractivity contribution in [1.82, 2.24) is 0 Å². The highest BCUT2D eigenvalue weighted by Crippen LogP contribution is 2.25. The Bertz CT molecular complexity index is 1310. The van der Waals surface area contributed by atoms with Crippen LogP contribution in [0.2, 0.25) is 0 Å². The van der Waals surface area contributed by atoms with Gasteiger partial charge in [-0.15, -0.1) is 0 Å². The summed E-state index contributed by atoms with van der Waals surface area (Å²) < 4.78 is 16.7. The lowest BCUT2D eigenvalue weighted by molar-refractivity contribution is -0.116. The summed E-state index contributed by atoms with van der Waals surface area (Å²) in [7, 11) is 1.55. The zero-order chi connectivity index (χ0) is 23.2. The van der Waals surface area contributed by atoms with E-state index in [4.69, 9.17) is 13.9 Å². The molecule has 33 heavy (non-hydrogen) atoms. The fourth-order valence-corrected chi connectivity index (χ4v) is 3.40. The molecule has 0 unspecified atom stereocenters. The number of anilines is 1. The topological polar surface area (TPSA) is 77.8 Å². The van der Waals surface area contributed by atoms with E-state index in [-0.39, 0.29) is 11.3 Å². The quantitative estimate of drug-likeness (QED) is 0.360. The van der Waals surface area contributed by atoms with Crippen LogP contribution >= 0.6 is 0 Å². The minimum atomic E-state index is -0.143. The third-order valence-corrected chi connectivity index (χ3v) is 5.23. The van der Waals surface area contributed by atoms with Crippen LogP contribution in [0.4, 0.5) is 5.69 Å². The number of methoxy groups -OCH3 is 1. The molecule has 6 heteroatoms. The van der Waals surface area contributed by atoms with Crippen molar-refractivity contribution in [2.75, 3.05) is 19.0 Å².